The van der Waals surface area contributed by atoms with Gasteiger partial charge in [0.2, 0.25) is 0 Å². The van der Waals surface area contributed by atoms with Crippen LogP contribution >= 0.6 is 11.3 Å². The number of nitrogens with zero attached hydrogens (tertiary/aromatic N) is 3. The molecule has 0 radical (unpaired) electrons. The van der Waals surface area contributed by atoms with Gasteiger partial charge in [-0.3, -0.25) is 9.69 Å². The molecule has 0 spiro atoms. The summed E-state index contributed by atoms with van der Waals surface area (Å²) in [5, 5.41) is 2.79. The van der Waals surface area contributed by atoms with E-state index in [1.54, 1.807) is 17.0 Å². The molecule has 2 heterocycles. The number of aromatic nitrogens is 1. The van der Waals surface area contributed by atoms with E-state index in [2.05, 4.69) is 31.7 Å². The molecule has 0 atom stereocenters. The Bertz CT molecular complexity index is 1160. The van der Waals surface area contributed by atoms with Crippen LogP contribution in [0.3, 0.4) is 0 Å². The van der Waals surface area contributed by atoms with Crippen LogP contribution in [0.15, 0.2) is 41.8 Å². The number of carbonyl (C=O) groups excluding carboxylic acids is 1. The smallest absolute Gasteiger partial charge is 0.257 e. The van der Waals surface area contributed by atoms with Gasteiger partial charge in [0.1, 0.15) is 23.2 Å². The molecule has 1 fully saturated rings. The molecule has 0 bridgehead atoms. The summed E-state index contributed by atoms with van der Waals surface area (Å²) in [6.45, 7) is 11.1. The molecule has 186 valence electrons. The number of rotatable bonds is 9. The summed E-state index contributed by atoms with van der Waals surface area (Å²) in [4.78, 5) is 21.9. The Morgan fingerprint density at radius 3 is 2.74 bits per heavy atom. The topological polar surface area (TPSA) is 54.9 Å². The van der Waals surface area contributed by atoms with E-state index in [9.17, 15) is 9.18 Å². The molecule has 2 aromatic carbocycles. The summed E-state index contributed by atoms with van der Waals surface area (Å²) in [5.74, 6) is 0.0270. The highest BCUT2D eigenvalue weighted by Gasteiger charge is 2.22. The van der Waals surface area contributed by atoms with Crippen molar-refractivity contribution in [3.05, 3.63) is 80.6 Å². The second-order valence-electron chi connectivity index (χ2n) is 8.89. The molecule has 0 unspecified atom stereocenters. The van der Waals surface area contributed by atoms with E-state index in [-0.39, 0.29) is 11.5 Å². The second-order valence-corrected chi connectivity index (χ2v) is 9.83. The predicted octanol–water partition coefficient (Wildman–Crippen LogP) is 4.76. The van der Waals surface area contributed by atoms with E-state index >= 15 is 0 Å². The summed E-state index contributed by atoms with van der Waals surface area (Å²) < 4.78 is 25.9. The van der Waals surface area contributed by atoms with Gasteiger partial charge < -0.3 is 14.4 Å². The molecular formula is C27H32FN3O3S. The van der Waals surface area contributed by atoms with Gasteiger partial charge in [0.15, 0.2) is 0 Å². The number of morpholine rings is 1. The quantitative estimate of drug-likeness (QED) is 0.427. The van der Waals surface area contributed by atoms with Crippen LogP contribution in [0.2, 0.25) is 0 Å². The summed E-state index contributed by atoms with van der Waals surface area (Å²) in [5.41, 5.74) is 4.33. The number of carbonyl (C=O) groups is 1. The lowest BCUT2D eigenvalue weighted by Crippen LogP contribution is -2.43. The van der Waals surface area contributed by atoms with Crippen molar-refractivity contribution in [2.75, 3.05) is 39.4 Å². The van der Waals surface area contributed by atoms with E-state index in [1.165, 1.54) is 29.0 Å². The third-order valence-corrected chi connectivity index (χ3v) is 7.12. The van der Waals surface area contributed by atoms with Crippen molar-refractivity contribution >= 4 is 17.2 Å². The zero-order chi connectivity index (χ0) is 24.8. The highest BCUT2D eigenvalue weighted by molar-refractivity contribution is 7.09. The molecule has 3 aromatic rings. The summed E-state index contributed by atoms with van der Waals surface area (Å²) in [7, 11) is 0. The number of amides is 1. The first-order valence-corrected chi connectivity index (χ1v) is 12.8. The minimum absolute atomic E-state index is 0.0820. The SMILES string of the molecule is Cc1cc(C)c(C)c(OCc2nc(CN(CCN3CCOCC3)C(=O)c3ccccc3F)cs2)c1. The summed E-state index contributed by atoms with van der Waals surface area (Å²) in [6.07, 6.45) is 0. The van der Waals surface area contributed by atoms with Crippen LogP contribution in [0.5, 0.6) is 5.75 Å². The number of ether oxygens (including phenoxy) is 2. The highest BCUT2D eigenvalue weighted by atomic mass is 32.1. The Balaban J connectivity index is 1.44. The molecule has 1 aliphatic heterocycles. The highest BCUT2D eigenvalue weighted by Crippen LogP contribution is 2.25. The summed E-state index contributed by atoms with van der Waals surface area (Å²) in [6, 6.07) is 10.3. The van der Waals surface area contributed by atoms with Crippen LogP contribution in [0, 0.1) is 26.6 Å². The molecule has 0 aliphatic carbocycles. The average Bonchev–Trinajstić information content (AvgIpc) is 3.31. The number of aryl methyl sites for hydroxylation is 2. The molecule has 1 aliphatic rings. The van der Waals surface area contributed by atoms with Gasteiger partial charge >= 0.3 is 0 Å². The fraction of sp³-hybridized carbons (Fsp3) is 0.407. The monoisotopic (exact) mass is 497 g/mol. The Kier molecular flexibility index (Phi) is 8.49. The van der Waals surface area contributed by atoms with Crippen molar-refractivity contribution in [3.63, 3.8) is 0 Å². The third kappa shape index (κ3) is 6.66. The predicted molar refractivity (Wildman–Crippen MR) is 135 cm³/mol. The van der Waals surface area contributed by atoms with Crippen molar-refractivity contribution in [3.8, 4) is 5.75 Å². The van der Waals surface area contributed by atoms with Gasteiger partial charge in [-0.25, -0.2) is 9.37 Å². The van der Waals surface area contributed by atoms with Gasteiger partial charge in [0, 0.05) is 31.6 Å². The molecule has 1 saturated heterocycles. The van der Waals surface area contributed by atoms with E-state index in [0.717, 1.165) is 40.7 Å². The van der Waals surface area contributed by atoms with E-state index in [1.807, 2.05) is 11.4 Å². The maximum atomic E-state index is 14.4. The number of hydrogen-bond acceptors (Lipinski definition) is 6. The van der Waals surface area contributed by atoms with E-state index in [0.29, 0.717) is 39.5 Å². The molecule has 8 heteroatoms. The van der Waals surface area contributed by atoms with Gasteiger partial charge in [-0.05, 0) is 55.7 Å². The fourth-order valence-corrected chi connectivity index (χ4v) is 4.81. The minimum Gasteiger partial charge on any atom is -0.486 e. The first kappa shape index (κ1) is 25.3. The largest absolute Gasteiger partial charge is 0.486 e. The first-order valence-electron chi connectivity index (χ1n) is 11.9. The fourth-order valence-electron chi connectivity index (χ4n) is 4.12. The number of hydrogen-bond donors (Lipinski definition) is 0. The molecule has 1 aromatic heterocycles. The average molecular weight is 498 g/mol. The Labute approximate surface area is 210 Å². The molecule has 6 nitrogen and oxygen atoms in total. The van der Waals surface area contributed by atoms with Crippen molar-refractivity contribution in [1.29, 1.82) is 0 Å². The lowest BCUT2D eigenvalue weighted by molar-refractivity contribution is 0.0319. The standard InChI is InChI=1S/C27H32FN3O3S/c1-19-14-20(2)21(3)25(15-19)34-17-26-29-22(18-35-26)16-31(9-8-30-10-12-33-13-11-30)27(32)23-6-4-5-7-24(23)28/h4-7,14-15,18H,8-13,16-17H2,1-3H3. The van der Waals surface area contributed by atoms with Crippen LogP contribution in [-0.4, -0.2) is 60.1 Å². The zero-order valence-corrected chi connectivity index (χ0v) is 21.4. The van der Waals surface area contributed by atoms with Crippen molar-refractivity contribution in [2.24, 2.45) is 0 Å². The molecule has 35 heavy (non-hydrogen) atoms. The summed E-state index contributed by atoms with van der Waals surface area (Å²) >= 11 is 1.51. The second kappa shape index (κ2) is 11.7. The Morgan fingerprint density at radius 1 is 1.20 bits per heavy atom. The first-order chi connectivity index (χ1) is 16.9. The van der Waals surface area contributed by atoms with E-state index in [4.69, 9.17) is 14.5 Å². The van der Waals surface area contributed by atoms with E-state index < -0.39 is 5.82 Å². The van der Waals surface area contributed by atoms with Crippen molar-refractivity contribution < 1.29 is 18.7 Å². The number of halogens is 1. The van der Waals surface area contributed by atoms with Gasteiger partial charge in [-0.1, -0.05) is 18.2 Å². The Morgan fingerprint density at radius 2 is 1.97 bits per heavy atom. The molecule has 4 rings (SSSR count). The van der Waals surface area contributed by atoms with Gasteiger partial charge in [-0.2, -0.15) is 0 Å². The molecular weight excluding hydrogens is 465 g/mol. The normalized spacial score (nSPS) is 14.2. The lowest BCUT2D eigenvalue weighted by atomic mass is 10.1. The van der Waals surface area contributed by atoms with Gasteiger partial charge in [-0.15, -0.1) is 11.3 Å². The number of thiazole rings is 1. The molecule has 0 N–H and O–H groups in total. The maximum absolute atomic E-state index is 14.4. The van der Waals surface area contributed by atoms with Crippen LogP contribution < -0.4 is 4.74 Å². The number of benzene rings is 2. The van der Waals surface area contributed by atoms with Gasteiger partial charge in [0.05, 0.1) is 31.0 Å². The van der Waals surface area contributed by atoms with Crippen LogP contribution in [0.1, 0.15) is 37.7 Å². The van der Waals surface area contributed by atoms with Crippen LogP contribution in [0.4, 0.5) is 4.39 Å². The maximum Gasteiger partial charge on any atom is 0.257 e. The van der Waals surface area contributed by atoms with Gasteiger partial charge in [0.25, 0.3) is 5.91 Å². The molecule has 1 amide bonds. The molecule has 0 saturated carbocycles. The third-order valence-electron chi connectivity index (χ3n) is 6.25. The van der Waals surface area contributed by atoms with Crippen LogP contribution in [0.25, 0.3) is 0 Å². The zero-order valence-electron chi connectivity index (χ0n) is 20.6. The van der Waals surface area contributed by atoms with Crippen LogP contribution in [-0.2, 0) is 17.9 Å². The van der Waals surface area contributed by atoms with Crippen molar-refractivity contribution in [2.45, 2.75) is 33.9 Å². The Hall–Kier alpha value is -2.81. The van der Waals surface area contributed by atoms with Crippen molar-refractivity contribution in [1.82, 2.24) is 14.8 Å². The lowest BCUT2D eigenvalue weighted by Gasteiger charge is -2.30. The minimum atomic E-state index is -0.509.